The second-order valence-corrected chi connectivity index (χ2v) is 7.56. The van der Waals surface area contributed by atoms with Gasteiger partial charge in [-0.05, 0) is 55.8 Å². The van der Waals surface area contributed by atoms with Crippen LogP contribution in [0.4, 0.5) is 0 Å². The van der Waals surface area contributed by atoms with E-state index in [4.69, 9.17) is 9.97 Å². The molecule has 0 fully saturated rings. The van der Waals surface area contributed by atoms with Crippen molar-refractivity contribution in [3.05, 3.63) is 71.0 Å². The first-order valence-electron chi connectivity index (χ1n) is 9.22. The van der Waals surface area contributed by atoms with Crippen molar-refractivity contribution in [2.45, 2.75) is 40.5 Å². The molecule has 0 spiro atoms. The Morgan fingerprint density at radius 2 is 1.54 bits per heavy atom. The minimum Gasteiger partial charge on any atom is -0.233 e. The zero-order valence-corrected chi connectivity index (χ0v) is 16.1. The van der Waals surface area contributed by atoms with E-state index in [9.17, 15) is 0 Å². The van der Waals surface area contributed by atoms with Crippen molar-refractivity contribution in [3.63, 3.8) is 0 Å². The van der Waals surface area contributed by atoms with Crippen LogP contribution in [0.5, 0.6) is 0 Å². The maximum Gasteiger partial charge on any atom is 0.126 e. The van der Waals surface area contributed by atoms with E-state index in [1.165, 1.54) is 33.0 Å². The Kier molecular flexibility index (Phi) is 3.99. The maximum absolute atomic E-state index is 4.87. The molecule has 0 unspecified atom stereocenters. The van der Waals surface area contributed by atoms with E-state index < -0.39 is 0 Å². The fourth-order valence-corrected chi connectivity index (χ4v) is 3.92. The zero-order chi connectivity index (χ0) is 18.4. The highest BCUT2D eigenvalue weighted by Gasteiger charge is 2.15. The van der Waals surface area contributed by atoms with E-state index >= 15 is 0 Å². The van der Waals surface area contributed by atoms with Crippen LogP contribution < -0.4 is 0 Å². The molecule has 0 aliphatic carbocycles. The summed E-state index contributed by atoms with van der Waals surface area (Å²) in [6, 6.07) is 17.5. The van der Waals surface area contributed by atoms with Gasteiger partial charge in [0.05, 0.1) is 11.2 Å². The molecule has 2 nitrogen and oxygen atoms in total. The smallest absolute Gasteiger partial charge is 0.126 e. The molecule has 4 aromatic rings. The van der Waals surface area contributed by atoms with Crippen LogP contribution in [0.3, 0.4) is 0 Å². The first kappa shape index (κ1) is 16.7. The molecule has 3 aromatic carbocycles. The van der Waals surface area contributed by atoms with Gasteiger partial charge in [0, 0.05) is 16.3 Å². The molecule has 0 aliphatic rings. The summed E-state index contributed by atoms with van der Waals surface area (Å²) >= 11 is 0. The molecule has 0 aliphatic heterocycles. The van der Waals surface area contributed by atoms with Crippen LogP contribution in [-0.4, -0.2) is 9.97 Å². The standard InChI is InChI=1S/C24H24N2/c1-14(2)20-8-6-7-18-9-10-21-23(19-12-15(3)11-16(4)13-19)25-17(5)26-24(21)22(18)20/h6-14H,1-5H3. The molecule has 1 heterocycles. The highest BCUT2D eigenvalue weighted by molar-refractivity contribution is 6.10. The van der Waals surface area contributed by atoms with Crippen LogP contribution in [0.2, 0.25) is 0 Å². The number of aromatic nitrogens is 2. The monoisotopic (exact) mass is 340 g/mol. The largest absolute Gasteiger partial charge is 0.233 e. The van der Waals surface area contributed by atoms with Gasteiger partial charge in [0.2, 0.25) is 0 Å². The Balaban J connectivity index is 2.15. The van der Waals surface area contributed by atoms with Crippen LogP contribution in [0.15, 0.2) is 48.5 Å². The fraction of sp³-hybridized carbons (Fsp3) is 0.250. The lowest BCUT2D eigenvalue weighted by atomic mass is 9.93. The van der Waals surface area contributed by atoms with Gasteiger partial charge in [-0.15, -0.1) is 0 Å². The maximum atomic E-state index is 4.87. The van der Waals surface area contributed by atoms with Gasteiger partial charge in [0.1, 0.15) is 5.82 Å². The first-order valence-corrected chi connectivity index (χ1v) is 9.22. The molecule has 0 radical (unpaired) electrons. The lowest BCUT2D eigenvalue weighted by Crippen LogP contribution is -1.98. The number of rotatable bonds is 2. The van der Waals surface area contributed by atoms with Crippen LogP contribution in [0.1, 0.15) is 42.3 Å². The van der Waals surface area contributed by atoms with Crippen molar-refractivity contribution in [3.8, 4) is 11.3 Å². The van der Waals surface area contributed by atoms with Gasteiger partial charge in [-0.3, -0.25) is 0 Å². The van der Waals surface area contributed by atoms with E-state index in [-0.39, 0.29) is 0 Å². The predicted octanol–water partition coefficient (Wildman–Crippen LogP) is 6.50. The average molecular weight is 340 g/mol. The molecule has 1 aromatic heterocycles. The molecular formula is C24H24N2. The molecule has 4 rings (SSSR count). The second-order valence-electron chi connectivity index (χ2n) is 7.56. The lowest BCUT2D eigenvalue weighted by Gasteiger charge is -2.15. The highest BCUT2D eigenvalue weighted by Crippen LogP contribution is 2.35. The third-order valence-corrected chi connectivity index (χ3v) is 4.97. The molecule has 2 heteroatoms. The number of benzene rings is 3. The fourth-order valence-electron chi connectivity index (χ4n) is 3.92. The zero-order valence-electron chi connectivity index (χ0n) is 16.1. The highest BCUT2D eigenvalue weighted by atomic mass is 14.9. The van der Waals surface area contributed by atoms with Crippen LogP contribution in [-0.2, 0) is 0 Å². The topological polar surface area (TPSA) is 25.8 Å². The number of hydrogen-bond donors (Lipinski definition) is 0. The van der Waals surface area contributed by atoms with Gasteiger partial charge in [0.15, 0.2) is 0 Å². The molecule has 0 saturated heterocycles. The predicted molar refractivity (Wildman–Crippen MR) is 111 cm³/mol. The Morgan fingerprint density at radius 1 is 0.808 bits per heavy atom. The molecule has 130 valence electrons. The summed E-state index contributed by atoms with van der Waals surface area (Å²) in [6.07, 6.45) is 0. The van der Waals surface area contributed by atoms with Gasteiger partial charge < -0.3 is 0 Å². The molecular weight excluding hydrogens is 316 g/mol. The third kappa shape index (κ3) is 2.76. The normalized spacial score (nSPS) is 11.6. The summed E-state index contributed by atoms with van der Waals surface area (Å²) in [5, 5.41) is 3.63. The van der Waals surface area contributed by atoms with Crippen molar-refractivity contribution < 1.29 is 0 Å². The summed E-state index contributed by atoms with van der Waals surface area (Å²) in [5.41, 5.74) is 7.12. The summed E-state index contributed by atoms with van der Waals surface area (Å²) < 4.78 is 0. The number of nitrogens with zero attached hydrogens (tertiary/aromatic N) is 2. The van der Waals surface area contributed by atoms with Crippen molar-refractivity contribution in [2.24, 2.45) is 0 Å². The van der Waals surface area contributed by atoms with E-state index in [0.717, 1.165) is 22.4 Å². The average Bonchev–Trinajstić information content (AvgIpc) is 2.59. The minimum atomic E-state index is 0.448. The quantitative estimate of drug-likeness (QED) is 0.389. The Bertz CT molecular complexity index is 1120. The van der Waals surface area contributed by atoms with Crippen molar-refractivity contribution in [2.75, 3.05) is 0 Å². The van der Waals surface area contributed by atoms with Gasteiger partial charge in [-0.2, -0.15) is 0 Å². The lowest BCUT2D eigenvalue weighted by molar-refractivity contribution is 0.876. The molecule has 0 amide bonds. The van der Waals surface area contributed by atoms with E-state index in [1.807, 2.05) is 6.92 Å². The first-order chi connectivity index (χ1) is 12.4. The summed E-state index contributed by atoms with van der Waals surface area (Å²) in [5.74, 6) is 1.27. The van der Waals surface area contributed by atoms with Crippen LogP contribution in [0.25, 0.3) is 32.9 Å². The number of aryl methyl sites for hydroxylation is 3. The van der Waals surface area contributed by atoms with Crippen molar-refractivity contribution >= 4 is 21.7 Å². The Hall–Kier alpha value is -2.74. The Morgan fingerprint density at radius 3 is 2.23 bits per heavy atom. The van der Waals surface area contributed by atoms with Gasteiger partial charge >= 0.3 is 0 Å². The molecule has 0 saturated carbocycles. The minimum absolute atomic E-state index is 0.448. The molecule has 26 heavy (non-hydrogen) atoms. The van der Waals surface area contributed by atoms with E-state index in [2.05, 4.69) is 76.2 Å². The summed E-state index contributed by atoms with van der Waals surface area (Å²) in [6.45, 7) is 10.7. The second kappa shape index (κ2) is 6.21. The van der Waals surface area contributed by atoms with Crippen LogP contribution >= 0.6 is 0 Å². The molecule has 0 atom stereocenters. The number of fused-ring (bicyclic) bond motifs is 3. The molecule has 0 N–H and O–H groups in total. The third-order valence-electron chi connectivity index (χ3n) is 4.97. The van der Waals surface area contributed by atoms with Gasteiger partial charge in [-0.1, -0.05) is 55.3 Å². The van der Waals surface area contributed by atoms with E-state index in [0.29, 0.717) is 5.92 Å². The summed E-state index contributed by atoms with van der Waals surface area (Å²) in [4.78, 5) is 9.69. The number of hydrogen-bond acceptors (Lipinski definition) is 2. The van der Waals surface area contributed by atoms with Crippen molar-refractivity contribution in [1.29, 1.82) is 0 Å². The summed E-state index contributed by atoms with van der Waals surface area (Å²) in [7, 11) is 0. The van der Waals surface area contributed by atoms with Crippen molar-refractivity contribution in [1.82, 2.24) is 9.97 Å². The van der Waals surface area contributed by atoms with Gasteiger partial charge in [-0.25, -0.2) is 9.97 Å². The Labute approximate surface area is 154 Å². The SMILES string of the molecule is Cc1cc(C)cc(-c2nc(C)nc3c2ccc2cccc(C(C)C)c23)c1. The van der Waals surface area contributed by atoms with Crippen LogP contribution in [0, 0.1) is 20.8 Å². The van der Waals surface area contributed by atoms with E-state index in [1.54, 1.807) is 0 Å². The molecule has 0 bridgehead atoms. The van der Waals surface area contributed by atoms with Gasteiger partial charge in [0.25, 0.3) is 0 Å².